The lowest BCUT2D eigenvalue weighted by Gasteiger charge is -2.21. The summed E-state index contributed by atoms with van der Waals surface area (Å²) in [5.41, 5.74) is 16.4. The second kappa shape index (κ2) is 11.1. The zero-order valence-electron chi connectivity index (χ0n) is 31.3. The normalized spacial score (nSPS) is 14.5. The summed E-state index contributed by atoms with van der Waals surface area (Å²) >= 11 is 0. The van der Waals surface area contributed by atoms with E-state index in [9.17, 15) is 0 Å². The van der Waals surface area contributed by atoms with E-state index in [2.05, 4.69) is 166 Å². The van der Waals surface area contributed by atoms with Gasteiger partial charge in [0.2, 0.25) is 0 Å². The van der Waals surface area contributed by atoms with Crippen LogP contribution in [0.1, 0.15) is 55.6 Å². The number of benzene rings is 7. The van der Waals surface area contributed by atoms with Crippen LogP contribution in [0.3, 0.4) is 0 Å². The van der Waals surface area contributed by atoms with Crippen LogP contribution in [0, 0.1) is 12.3 Å². The lowest BCUT2D eigenvalue weighted by molar-refractivity contribution is 0.636. The zero-order valence-corrected chi connectivity index (χ0v) is 31.3. The monoisotopic (exact) mass is 703 g/mol. The third kappa shape index (κ3) is 4.23. The summed E-state index contributed by atoms with van der Waals surface area (Å²) in [4.78, 5) is 10.7. The molecule has 2 aliphatic rings. The van der Waals surface area contributed by atoms with Crippen LogP contribution < -0.4 is 0 Å². The van der Waals surface area contributed by atoms with E-state index in [0.29, 0.717) is 0 Å². The van der Waals surface area contributed by atoms with Crippen LogP contribution in [0.25, 0.3) is 83.2 Å². The molecule has 55 heavy (non-hydrogen) atoms. The summed E-state index contributed by atoms with van der Waals surface area (Å²) in [6.45, 7) is 9.25. The lowest BCUT2D eigenvalue weighted by atomic mass is 9.82. The van der Waals surface area contributed by atoms with Crippen molar-refractivity contribution in [1.29, 1.82) is 0 Å². The number of terminal acetylenes is 1. The molecule has 0 atom stereocenters. The number of nitrogens with zero attached hydrogens (tertiary/aromatic N) is 3. The molecule has 3 nitrogen and oxygen atoms in total. The van der Waals surface area contributed by atoms with Crippen molar-refractivity contribution in [2.45, 2.75) is 38.5 Å². The van der Waals surface area contributed by atoms with Gasteiger partial charge >= 0.3 is 0 Å². The standard InChI is InChI=1S/C52H37N3/c1-6-31-24-25-34(48-46-37-21-13-15-23-39(37)52(4,5)49(46)54-50(53-48)33-17-8-7-9-18-33)30-43(31)55-41-28-26-32-16-10-11-19-35(32)45(41)47-42(55)29-27-40-44(47)36-20-12-14-22-38(36)51(40,2)3/h1,7-30H,2-5H3. The molecule has 0 fully saturated rings. The highest BCUT2D eigenvalue weighted by molar-refractivity contribution is 6.26. The Balaban J connectivity index is 1.26. The predicted molar refractivity (Wildman–Crippen MR) is 228 cm³/mol. The van der Waals surface area contributed by atoms with E-state index in [1.807, 2.05) is 18.2 Å². The van der Waals surface area contributed by atoms with Crippen molar-refractivity contribution in [3.63, 3.8) is 0 Å². The molecule has 9 aromatic rings. The Morgan fingerprint density at radius 1 is 0.545 bits per heavy atom. The van der Waals surface area contributed by atoms with Gasteiger partial charge in [-0.25, -0.2) is 9.97 Å². The van der Waals surface area contributed by atoms with Crippen LogP contribution in [-0.4, -0.2) is 14.5 Å². The van der Waals surface area contributed by atoms with E-state index in [1.165, 1.54) is 54.9 Å². The van der Waals surface area contributed by atoms with Crippen LogP contribution in [-0.2, 0) is 10.8 Å². The molecule has 0 amide bonds. The van der Waals surface area contributed by atoms with E-state index in [4.69, 9.17) is 16.4 Å². The second-order valence-corrected chi connectivity index (χ2v) is 16.1. The van der Waals surface area contributed by atoms with Gasteiger partial charge in [-0.2, -0.15) is 0 Å². The van der Waals surface area contributed by atoms with Crippen molar-refractivity contribution < 1.29 is 0 Å². The SMILES string of the molecule is C#Cc1ccc(-c2nc(-c3ccccc3)nc3c2-c2ccccc2C3(C)C)cc1-n1c2ccc3c(c2c2c4ccccc4ccc21)-c1ccccc1C3(C)C. The van der Waals surface area contributed by atoms with Crippen molar-refractivity contribution in [2.24, 2.45) is 0 Å². The maximum absolute atomic E-state index is 6.41. The van der Waals surface area contributed by atoms with Crippen molar-refractivity contribution >= 4 is 32.6 Å². The highest BCUT2D eigenvalue weighted by Gasteiger charge is 2.40. The Bertz CT molecular complexity index is 3150. The average molecular weight is 704 g/mol. The van der Waals surface area contributed by atoms with Crippen molar-refractivity contribution in [3.8, 4) is 62.9 Å². The minimum Gasteiger partial charge on any atom is -0.308 e. The Hall–Kier alpha value is -6.76. The quantitative estimate of drug-likeness (QED) is 0.172. The minimum absolute atomic E-state index is 0.128. The van der Waals surface area contributed by atoms with Gasteiger partial charge in [-0.15, -0.1) is 6.42 Å². The average Bonchev–Trinajstić information content (AvgIpc) is 3.78. The molecule has 0 saturated heterocycles. The fraction of sp³-hybridized carbons (Fsp3) is 0.115. The number of rotatable bonds is 3. The van der Waals surface area contributed by atoms with Crippen molar-refractivity contribution in [2.75, 3.05) is 0 Å². The Morgan fingerprint density at radius 2 is 1.20 bits per heavy atom. The van der Waals surface area contributed by atoms with Crippen LogP contribution in [0.2, 0.25) is 0 Å². The number of hydrogen-bond acceptors (Lipinski definition) is 2. The van der Waals surface area contributed by atoms with Crippen LogP contribution >= 0.6 is 0 Å². The van der Waals surface area contributed by atoms with Gasteiger partial charge in [-0.05, 0) is 68.4 Å². The molecule has 3 heteroatoms. The smallest absolute Gasteiger partial charge is 0.160 e. The molecular formula is C52H37N3. The van der Waals surface area contributed by atoms with Gasteiger partial charge in [0.25, 0.3) is 0 Å². The molecule has 0 unspecified atom stereocenters. The van der Waals surface area contributed by atoms with Crippen LogP contribution in [0.15, 0.2) is 146 Å². The Kier molecular flexibility index (Phi) is 6.43. The molecule has 7 aromatic carbocycles. The fourth-order valence-corrected chi connectivity index (χ4v) is 9.77. The molecule has 260 valence electrons. The largest absolute Gasteiger partial charge is 0.308 e. The molecule has 0 spiro atoms. The second-order valence-electron chi connectivity index (χ2n) is 16.1. The van der Waals surface area contributed by atoms with E-state index >= 15 is 0 Å². The molecule has 2 aliphatic carbocycles. The Morgan fingerprint density at radius 3 is 1.98 bits per heavy atom. The minimum atomic E-state index is -0.299. The van der Waals surface area contributed by atoms with Gasteiger partial charge in [-0.3, -0.25) is 0 Å². The molecule has 11 rings (SSSR count). The zero-order chi connectivity index (χ0) is 37.2. The molecule has 2 aromatic heterocycles. The van der Waals surface area contributed by atoms with E-state index in [1.54, 1.807) is 0 Å². The molecule has 0 N–H and O–H groups in total. The van der Waals surface area contributed by atoms with Gasteiger partial charge in [0.05, 0.1) is 28.1 Å². The first-order valence-electron chi connectivity index (χ1n) is 19.1. The maximum atomic E-state index is 6.41. The summed E-state index contributed by atoms with van der Waals surface area (Å²) in [6, 6.07) is 52.4. The summed E-state index contributed by atoms with van der Waals surface area (Å²) in [7, 11) is 0. The number of aromatic nitrogens is 3. The van der Waals surface area contributed by atoms with Gasteiger partial charge in [0.15, 0.2) is 5.82 Å². The van der Waals surface area contributed by atoms with Crippen LogP contribution in [0.5, 0.6) is 0 Å². The summed E-state index contributed by atoms with van der Waals surface area (Å²) in [6.07, 6.45) is 6.41. The highest BCUT2D eigenvalue weighted by atomic mass is 15.0. The summed E-state index contributed by atoms with van der Waals surface area (Å²) < 4.78 is 2.40. The third-order valence-corrected chi connectivity index (χ3v) is 12.4. The molecule has 0 aliphatic heterocycles. The first-order chi connectivity index (χ1) is 26.8. The topological polar surface area (TPSA) is 30.7 Å². The van der Waals surface area contributed by atoms with Crippen molar-refractivity contribution in [1.82, 2.24) is 14.5 Å². The first kappa shape index (κ1) is 31.7. The van der Waals surface area contributed by atoms with Gasteiger partial charge in [0, 0.05) is 43.9 Å². The van der Waals surface area contributed by atoms with E-state index < -0.39 is 0 Å². The molecule has 0 saturated carbocycles. The summed E-state index contributed by atoms with van der Waals surface area (Å²) in [5.74, 6) is 3.80. The molecular weight excluding hydrogens is 667 g/mol. The van der Waals surface area contributed by atoms with Crippen molar-refractivity contribution in [3.05, 3.63) is 174 Å². The molecule has 0 radical (unpaired) electrons. The van der Waals surface area contributed by atoms with E-state index in [0.717, 1.165) is 56.2 Å². The summed E-state index contributed by atoms with van der Waals surface area (Å²) in [5, 5.41) is 4.96. The molecule has 0 bridgehead atoms. The number of hydrogen-bond donors (Lipinski definition) is 0. The lowest BCUT2D eigenvalue weighted by Crippen LogP contribution is -2.17. The fourth-order valence-electron chi connectivity index (χ4n) is 9.77. The van der Waals surface area contributed by atoms with Gasteiger partial charge in [-0.1, -0.05) is 155 Å². The van der Waals surface area contributed by atoms with Gasteiger partial charge in [0.1, 0.15) is 0 Å². The maximum Gasteiger partial charge on any atom is 0.160 e. The predicted octanol–water partition coefficient (Wildman–Crippen LogP) is 12.7. The van der Waals surface area contributed by atoms with Gasteiger partial charge < -0.3 is 4.57 Å². The highest BCUT2D eigenvalue weighted by Crippen LogP contribution is 2.55. The van der Waals surface area contributed by atoms with E-state index in [-0.39, 0.29) is 10.8 Å². The molecule has 2 heterocycles. The Labute approximate surface area is 321 Å². The number of fused-ring (bicyclic) bond motifs is 12. The van der Waals surface area contributed by atoms with Crippen LogP contribution in [0.4, 0.5) is 0 Å². The first-order valence-corrected chi connectivity index (χ1v) is 19.1. The third-order valence-electron chi connectivity index (χ3n) is 12.4.